The van der Waals surface area contributed by atoms with Crippen LogP contribution >= 0.6 is 0 Å². The Morgan fingerprint density at radius 1 is 0.293 bits per heavy atom. The number of hydrogen-bond acceptors (Lipinski definition) is 0. The largest absolute Gasteiger partial charge is 0.307 e. The van der Waals surface area contributed by atoms with Crippen LogP contribution in [0.15, 0.2) is 206 Å². The lowest BCUT2D eigenvalue weighted by atomic mass is 9.83. The van der Waals surface area contributed by atoms with Gasteiger partial charge in [-0.3, -0.25) is 0 Å². The van der Waals surface area contributed by atoms with Crippen molar-refractivity contribution in [1.82, 2.24) is 9.13 Å². The fraction of sp³-hybridized carbons (Fsp3) is 0.0357. The minimum absolute atomic E-state index is 0.0460. The third-order valence-corrected chi connectivity index (χ3v) is 13.1. The zero-order valence-electron chi connectivity index (χ0n) is 31.7. The van der Waals surface area contributed by atoms with Crippen LogP contribution in [0, 0.1) is 0 Å². The Morgan fingerprint density at radius 3 is 1.28 bits per heavy atom. The molecule has 13 rings (SSSR count). The van der Waals surface area contributed by atoms with E-state index < -0.39 is 0 Å². The van der Waals surface area contributed by atoms with Gasteiger partial charge in [-0.15, -0.1) is 0 Å². The first-order chi connectivity index (χ1) is 28.8. The monoisotopic (exact) mass is 736 g/mol. The van der Waals surface area contributed by atoms with Crippen molar-refractivity contribution < 1.29 is 0 Å². The van der Waals surface area contributed by atoms with Crippen molar-refractivity contribution in [2.45, 2.75) is 11.8 Å². The van der Waals surface area contributed by atoms with Crippen LogP contribution in [-0.4, -0.2) is 9.13 Å². The molecule has 0 N–H and O–H groups in total. The van der Waals surface area contributed by atoms with E-state index in [4.69, 9.17) is 0 Å². The van der Waals surface area contributed by atoms with Crippen molar-refractivity contribution in [3.63, 3.8) is 0 Å². The van der Waals surface area contributed by atoms with Crippen LogP contribution in [0.4, 0.5) is 0 Å². The molecular formula is C56H36N2. The molecule has 58 heavy (non-hydrogen) atoms. The van der Waals surface area contributed by atoms with E-state index in [9.17, 15) is 0 Å². The predicted molar refractivity (Wildman–Crippen MR) is 241 cm³/mol. The fourth-order valence-electron chi connectivity index (χ4n) is 10.8. The van der Waals surface area contributed by atoms with E-state index in [-0.39, 0.29) is 11.8 Å². The summed E-state index contributed by atoms with van der Waals surface area (Å²) in [5, 5.41) is 5.02. The van der Waals surface area contributed by atoms with Crippen LogP contribution in [0.25, 0.3) is 77.2 Å². The SMILES string of the molecule is c1ccc(-n2c3ccccc3c3ccc4c5ccccc5n(-c5ccc(C6c7ccccc7-c7ccccc76)cc5C5c6ccccc6-c6ccccc65)c4c32)cc1. The summed E-state index contributed by atoms with van der Waals surface area (Å²) in [4.78, 5) is 0. The van der Waals surface area contributed by atoms with Gasteiger partial charge in [0.2, 0.25) is 0 Å². The summed E-state index contributed by atoms with van der Waals surface area (Å²) in [6.45, 7) is 0. The van der Waals surface area contributed by atoms with Crippen LogP contribution in [-0.2, 0) is 0 Å². The van der Waals surface area contributed by atoms with Crippen molar-refractivity contribution in [2.24, 2.45) is 0 Å². The highest BCUT2D eigenvalue weighted by molar-refractivity contribution is 6.23. The molecule has 2 aromatic heterocycles. The van der Waals surface area contributed by atoms with E-state index >= 15 is 0 Å². The molecule has 0 amide bonds. The number of aromatic nitrogens is 2. The Bertz CT molecular complexity index is 3380. The van der Waals surface area contributed by atoms with Gasteiger partial charge in [0.15, 0.2) is 0 Å². The van der Waals surface area contributed by atoms with Crippen molar-refractivity contribution in [2.75, 3.05) is 0 Å². The Hall–Kier alpha value is -7.42. The smallest absolute Gasteiger partial charge is 0.0789 e. The summed E-state index contributed by atoms with van der Waals surface area (Å²) < 4.78 is 5.09. The minimum atomic E-state index is 0.0460. The Balaban J connectivity index is 1.19. The van der Waals surface area contributed by atoms with E-state index in [1.165, 1.54) is 105 Å². The number of para-hydroxylation sites is 3. The fourth-order valence-corrected chi connectivity index (χ4v) is 10.8. The van der Waals surface area contributed by atoms with Gasteiger partial charge in [0.05, 0.1) is 27.8 Å². The Morgan fingerprint density at radius 2 is 0.724 bits per heavy atom. The molecule has 0 radical (unpaired) electrons. The lowest BCUT2D eigenvalue weighted by Gasteiger charge is -2.24. The Labute approximate surface area is 336 Å². The maximum atomic E-state index is 2.60. The highest BCUT2D eigenvalue weighted by atomic mass is 15.0. The maximum Gasteiger partial charge on any atom is 0.0789 e. The van der Waals surface area contributed by atoms with Gasteiger partial charge in [0.25, 0.3) is 0 Å². The number of benzene rings is 9. The standard InChI is InChI=1S/C56H36N2/c1-2-16-36(17-3-1)57-50-28-14-12-22-41(50)47-31-32-48-42-23-13-15-29-51(42)58(56(48)55(47)57)52-33-30-35(53-43-24-8-4-18-37(43)38-19-5-9-25-44(38)53)34-49(52)54-45-26-10-6-20-39(45)40-21-7-11-27-46(40)54/h1-34,53-54H. The number of fused-ring (bicyclic) bond motifs is 13. The second kappa shape index (κ2) is 12.0. The molecule has 0 bridgehead atoms. The molecule has 2 aliphatic carbocycles. The van der Waals surface area contributed by atoms with Gasteiger partial charge in [0.1, 0.15) is 0 Å². The molecule has 0 atom stereocenters. The topological polar surface area (TPSA) is 9.86 Å². The van der Waals surface area contributed by atoms with Gasteiger partial charge in [-0.1, -0.05) is 176 Å². The Kier molecular flexibility index (Phi) is 6.59. The average molecular weight is 737 g/mol. The van der Waals surface area contributed by atoms with Crippen molar-refractivity contribution >= 4 is 43.6 Å². The van der Waals surface area contributed by atoms with Gasteiger partial charge < -0.3 is 9.13 Å². The van der Waals surface area contributed by atoms with E-state index in [0.29, 0.717) is 0 Å². The quantitative estimate of drug-likeness (QED) is 0.170. The summed E-state index contributed by atoms with van der Waals surface area (Å²) in [5.41, 5.74) is 20.7. The lowest BCUT2D eigenvalue weighted by molar-refractivity contribution is 0.951. The van der Waals surface area contributed by atoms with Crippen LogP contribution in [0.1, 0.15) is 45.2 Å². The third kappa shape index (κ3) is 4.27. The highest BCUT2D eigenvalue weighted by Crippen LogP contribution is 2.53. The molecule has 2 heteroatoms. The molecule has 2 heterocycles. The summed E-state index contributed by atoms with van der Waals surface area (Å²) in [7, 11) is 0. The highest BCUT2D eigenvalue weighted by Gasteiger charge is 2.35. The zero-order chi connectivity index (χ0) is 37.9. The maximum absolute atomic E-state index is 2.60. The molecular weight excluding hydrogens is 701 g/mol. The van der Waals surface area contributed by atoms with Crippen LogP contribution in [0.3, 0.4) is 0 Å². The zero-order valence-corrected chi connectivity index (χ0v) is 31.7. The molecule has 0 aliphatic heterocycles. The molecule has 2 aliphatic rings. The molecule has 9 aromatic carbocycles. The first kappa shape index (κ1) is 31.7. The summed E-state index contributed by atoms with van der Waals surface area (Å²) in [5.74, 6) is 0.183. The van der Waals surface area contributed by atoms with Gasteiger partial charge in [-0.05, 0) is 86.0 Å². The van der Waals surface area contributed by atoms with Gasteiger partial charge in [-0.2, -0.15) is 0 Å². The normalized spacial score (nSPS) is 13.4. The third-order valence-electron chi connectivity index (χ3n) is 13.1. The molecule has 270 valence electrons. The molecule has 0 unspecified atom stereocenters. The van der Waals surface area contributed by atoms with Gasteiger partial charge >= 0.3 is 0 Å². The van der Waals surface area contributed by atoms with Gasteiger partial charge in [-0.25, -0.2) is 0 Å². The molecule has 0 saturated heterocycles. The lowest BCUT2D eigenvalue weighted by Crippen LogP contribution is -2.09. The van der Waals surface area contributed by atoms with Crippen LogP contribution in [0.2, 0.25) is 0 Å². The van der Waals surface area contributed by atoms with Gasteiger partial charge in [0, 0.05) is 39.1 Å². The first-order valence-corrected chi connectivity index (χ1v) is 20.3. The molecule has 0 saturated carbocycles. The summed E-state index contributed by atoms with van der Waals surface area (Å²) in [6.07, 6.45) is 0. The van der Waals surface area contributed by atoms with E-state index in [2.05, 4.69) is 215 Å². The predicted octanol–water partition coefficient (Wildman–Crippen LogP) is 14.2. The van der Waals surface area contributed by atoms with Crippen molar-refractivity contribution in [3.05, 3.63) is 240 Å². The van der Waals surface area contributed by atoms with Crippen LogP contribution in [0.5, 0.6) is 0 Å². The number of nitrogens with zero attached hydrogens (tertiary/aromatic N) is 2. The second-order valence-electron chi connectivity index (χ2n) is 15.9. The molecule has 0 fully saturated rings. The van der Waals surface area contributed by atoms with E-state index in [0.717, 1.165) is 5.69 Å². The molecule has 2 nitrogen and oxygen atoms in total. The summed E-state index contributed by atoms with van der Waals surface area (Å²) in [6, 6.07) is 77.0. The second-order valence-corrected chi connectivity index (χ2v) is 15.9. The number of hydrogen-bond donors (Lipinski definition) is 0. The molecule has 11 aromatic rings. The van der Waals surface area contributed by atoms with E-state index in [1.54, 1.807) is 0 Å². The van der Waals surface area contributed by atoms with Crippen LogP contribution < -0.4 is 0 Å². The average Bonchev–Trinajstić information content (AvgIpc) is 4.02. The number of rotatable bonds is 4. The first-order valence-electron chi connectivity index (χ1n) is 20.3. The van der Waals surface area contributed by atoms with Crippen molar-refractivity contribution in [1.29, 1.82) is 0 Å². The minimum Gasteiger partial charge on any atom is -0.307 e. The summed E-state index contributed by atoms with van der Waals surface area (Å²) >= 11 is 0. The van der Waals surface area contributed by atoms with Crippen molar-refractivity contribution in [3.8, 4) is 33.6 Å². The molecule has 0 spiro atoms. The van der Waals surface area contributed by atoms with E-state index in [1.807, 2.05) is 0 Å².